The number of aromatic nitrogens is 1. The van der Waals surface area contributed by atoms with Crippen molar-refractivity contribution in [1.29, 1.82) is 0 Å². The van der Waals surface area contributed by atoms with Crippen molar-refractivity contribution < 1.29 is 9.32 Å². The summed E-state index contributed by atoms with van der Waals surface area (Å²) in [6.45, 7) is 2.45. The molecule has 2 aromatic rings. The van der Waals surface area contributed by atoms with Gasteiger partial charge < -0.3 is 9.84 Å². The standard InChI is InChI=1S/C15H18N2O2S/c1-11-12(9-17-19-11)14(18)16-10-15(6-2-3-7-15)13-5-4-8-20-13/h4-5,8-9H,2-3,6-7,10H2,1H3,(H,16,18). The number of carbonyl (C=O) groups excluding carboxylic acids is 1. The van der Waals surface area contributed by atoms with E-state index in [0.717, 1.165) is 12.8 Å². The van der Waals surface area contributed by atoms with Gasteiger partial charge >= 0.3 is 0 Å². The highest BCUT2D eigenvalue weighted by Crippen LogP contribution is 2.42. The summed E-state index contributed by atoms with van der Waals surface area (Å²) >= 11 is 1.79. The molecule has 0 aliphatic heterocycles. The Kier molecular flexibility index (Phi) is 3.61. The number of aryl methyl sites for hydroxylation is 1. The Morgan fingerprint density at radius 3 is 2.90 bits per heavy atom. The van der Waals surface area contributed by atoms with Crippen LogP contribution >= 0.6 is 11.3 Å². The van der Waals surface area contributed by atoms with Crippen LogP contribution in [0.2, 0.25) is 0 Å². The van der Waals surface area contributed by atoms with Gasteiger partial charge in [-0.1, -0.05) is 24.1 Å². The minimum atomic E-state index is -0.0911. The van der Waals surface area contributed by atoms with E-state index in [1.54, 1.807) is 18.3 Å². The van der Waals surface area contributed by atoms with Gasteiger partial charge in [-0.05, 0) is 31.2 Å². The molecule has 5 heteroatoms. The third-order valence-electron chi connectivity index (χ3n) is 4.19. The molecule has 1 aliphatic carbocycles. The van der Waals surface area contributed by atoms with Crippen molar-refractivity contribution in [3.63, 3.8) is 0 Å². The summed E-state index contributed by atoms with van der Waals surface area (Å²) in [5.41, 5.74) is 0.652. The lowest BCUT2D eigenvalue weighted by molar-refractivity contribution is 0.0942. The Bertz CT molecular complexity index is 583. The molecule has 1 N–H and O–H groups in total. The molecule has 0 radical (unpaired) electrons. The Morgan fingerprint density at radius 2 is 2.30 bits per heavy atom. The molecule has 0 aromatic carbocycles. The number of nitrogens with zero attached hydrogens (tertiary/aromatic N) is 1. The number of amides is 1. The molecule has 106 valence electrons. The molecular formula is C15H18N2O2S. The van der Waals surface area contributed by atoms with Crippen LogP contribution in [0.15, 0.2) is 28.2 Å². The highest BCUT2D eigenvalue weighted by atomic mass is 32.1. The second kappa shape index (κ2) is 5.40. The summed E-state index contributed by atoms with van der Waals surface area (Å²) in [5.74, 6) is 0.477. The molecule has 4 nitrogen and oxygen atoms in total. The molecular weight excluding hydrogens is 272 g/mol. The molecule has 0 bridgehead atoms. The van der Waals surface area contributed by atoms with E-state index >= 15 is 0 Å². The maximum Gasteiger partial charge on any atom is 0.256 e. The minimum Gasteiger partial charge on any atom is -0.361 e. The number of hydrogen-bond donors (Lipinski definition) is 1. The number of hydrogen-bond acceptors (Lipinski definition) is 4. The first-order chi connectivity index (χ1) is 9.71. The Labute approximate surface area is 122 Å². The topological polar surface area (TPSA) is 55.1 Å². The summed E-state index contributed by atoms with van der Waals surface area (Å²) in [6.07, 6.45) is 6.25. The first kappa shape index (κ1) is 13.4. The molecule has 2 aromatic heterocycles. The zero-order valence-corrected chi connectivity index (χ0v) is 12.3. The van der Waals surface area contributed by atoms with Gasteiger partial charge in [-0.15, -0.1) is 11.3 Å². The van der Waals surface area contributed by atoms with E-state index in [0.29, 0.717) is 17.9 Å². The summed E-state index contributed by atoms with van der Waals surface area (Å²) < 4.78 is 4.95. The fraction of sp³-hybridized carbons (Fsp3) is 0.467. The second-order valence-corrected chi connectivity index (χ2v) is 6.39. The van der Waals surface area contributed by atoms with Crippen LogP contribution in [0.5, 0.6) is 0 Å². The van der Waals surface area contributed by atoms with E-state index in [1.807, 2.05) is 0 Å². The first-order valence-electron chi connectivity index (χ1n) is 6.95. The van der Waals surface area contributed by atoms with Crippen molar-refractivity contribution in [2.75, 3.05) is 6.54 Å². The predicted molar refractivity (Wildman–Crippen MR) is 78.0 cm³/mol. The van der Waals surface area contributed by atoms with E-state index in [4.69, 9.17) is 4.52 Å². The Hall–Kier alpha value is -1.62. The van der Waals surface area contributed by atoms with Gasteiger partial charge in [0, 0.05) is 16.8 Å². The van der Waals surface area contributed by atoms with Gasteiger partial charge in [0.2, 0.25) is 0 Å². The van der Waals surface area contributed by atoms with Gasteiger partial charge in [-0.25, -0.2) is 0 Å². The molecule has 1 saturated carbocycles. The minimum absolute atomic E-state index is 0.0911. The van der Waals surface area contributed by atoms with Crippen LogP contribution in [0, 0.1) is 6.92 Å². The molecule has 3 rings (SSSR count). The average molecular weight is 290 g/mol. The third kappa shape index (κ3) is 2.38. The monoisotopic (exact) mass is 290 g/mol. The zero-order valence-electron chi connectivity index (χ0n) is 11.5. The van der Waals surface area contributed by atoms with Gasteiger partial charge in [0.05, 0.1) is 6.20 Å². The van der Waals surface area contributed by atoms with Crippen LogP contribution in [0.25, 0.3) is 0 Å². The zero-order chi connectivity index (χ0) is 14.0. The highest BCUT2D eigenvalue weighted by molar-refractivity contribution is 7.10. The summed E-state index contributed by atoms with van der Waals surface area (Å²) in [6, 6.07) is 4.28. The van der Waals surface area contributed by atoms with Crippen LogP contribution < -0.4 is 5.32 Å². The predicted octanol–water partition coefficient (Wildman–Crippen LogP) is 3.29. The molecule has 0 spiro atoms. The molecule has 20 heavy (non-hydrogen) atoms. The SMILES string of the molecule is Cc1oncc1C(=O)NCC1(c2cccs2)CCCC1. The third-order valence-corrected chi connectivity index (χ3v) is 5.30. The lowest BCUT2D eigenvalue weighted by atomic mass is 9.84. The quantitative estimate of drug-likeness (QED) is 0.940. The van der Waals surface area contributed by atoms with Crippen LogP contribution in [-0.4, -0.2) is 17.6 Å². The summed E-state index contributed by atoms with van der Waals surface area (Å²) in [4.78, 5) is 13.6. The average Bonchev–Trinajstić information content (AvgIpc) is 3.17. The molecule has 0 atom stereocenters. The largest absolute Gasteiger partial charge is 0.361 e. The fourth-order valence-corrected chi connectivity index (χ4v) is 3.99. The smallest absolute Gasteiger partial charge is 0.256 e. The van der Waals surface area contributed by atoms with Crippen molar-refractivity contribution in [1.82, 2.24) is 10.5 Å². The fourth-order valence-electron chi connectivity index (χ4n) is 3.00. The van der Waals surface area contributed by atoms with Crippen molar-refractivity contribution >= 4 is 17.2 Å². The van der Waals surface area contributed by atoms with Crippen molar-refractivity contribution in [2.24, 2.45) is 0 Å². The van der Waals surface area contributed by atoms with Gasteiger partial charge in [0.1, 0.15) is 11.3 Å². The summed E-state index contributed by atoms with van der Waals surface area (Å²) in [5, 5.41) is 8.83. The molecule has 0 saturated heterocycles. The van der Waals surface area contributed by atoms with Crippen LogP contribution in [0.1, 0.15) is 46.7 Å². The van der Waals surface area contributed by atoms with E-state index in [2.05, 4.69) is 28.0 Å². The van der Waals surface area contributed by atoms with Crippen molar-refractivity contribution in [3.8, 4) is 0 Å². The highest BCUT2D eigenvalue weighted by Gasteiger charge is 2.36. The normalized spacial score (nSPS) is 17.2. The molecule has 1 fully saturated rings. The van der Waals surface area contributed by atoms with E-state index in [9.17, 15) is 4.79 Å². The number of nitrogens with one attached hydrogen (secondary N) is 1. The van der Waals surface area contributed by atoms with Crippen LogP contribution in [-0.2, 0) is 5.41 Å². The molecule has 0 unspecified atom stereocenters. The van der Waals surface area contributed by atoms with Gasteiger partial charge in [-0.2, -0.15) is 0 Å². The molecule has 1 aliphatic rings. The number of carbonyl (C=O) groups is 1. The van der Waals surface area contributed by atoms with Gasteiger partial charge in [0.25, 0.3) is 5.91 Å². The summed E-state index contributed by atoms with van der Waals surface area (Å²) in [7, 11) is 0. The van der Waals surface area contributed by atoms with Crippen molar-refractivity contribution in [3.05, 3.63) is 39.9 Å². The van der Waals surface area contributed by atoms with Crippen molar-refractivity contribution in [2.45, 2.75) is 38.0 Å². The van der Waals surface area contributed by atoms with Crippen LogP contribution in [0.3, 0.4) is 0 Å². The maximum absolute atomic E-state index is 12.2. The Morgan fingerprint density at radius 1 is 1.50 bits per heavy atom. The maximum atomic E-state index is 12.2. The number of thiophene rings is 1. The lowest BCUT2D eigenvalue weighted by Gasteiger charge is -2.28. The lowest BCUT2D eigenvalue weighted by Crippen LogP contribution is -2.38. The van der Waals surface area contributed by atoms with E-state index in [-0.39, 0.29) is 11.3 Å². The second-order valence-electron chi connectivity index (χ2n) is 5.44. The van der Waals surface area contributed by atoms with E-state index < -0.39 is 0 Å². The first-order valence-corrected chi connectivity index (χ1v) is 7.83. The number of rotatable bonds is 4. The Balaban J connectivity index is 1.73. The molecule has 1 amide bonds. The van der Waals surface area contributed by atoms with Crippen LogP contribution in [0.4, 0.5) is 0 Å². The molecule has 2 heterocycles. The van der Waals surface area contributed by atoms with E-state index in [1.165, 1.54) is 23.9 Å². The van der Waals surface area contributed by atoms with Gasteiger partial charge in [0.15, 0.2) is 0 Å². The van der Waals surface area contributed by atoms with Gasteiger partial charge in [-0.3, -0.25) is 4.79 Å².